The first-order chi connectivity index (χ1) is 13.1. The zero-order valence-corrected chi connectivity index (χ0v) is 15.4. The van der Waals surface area contributed by atoms with Crippen LogP contribution in [-0.2, 0) is 12.8 Å². The van der Waals surface area contributed by atoms with Crippen LogP contribution in [0.15, 0.2) is 36.5 Å². The van der Waals surface area contributed by atoms with Crippen LogP contribution < -0.4 is 0 Å². The molecule has 4 rings (SSSR count). The average Bonchev–Trinajstić information content (AvgIpc) is 2.73. The first-order valence-corrected chi connectivity index (χ1v) is 9.72. The molecule has 2 heterocycles. The Morgan fingerprint density at radius 2 is 1.93 bits per heavy atom. The molecule has 0 bridgehead atoms. The van der Waals surface area contributed by atoms with Gasteiger partial charge >= 0.3 is 5.97 Å². The molecule has 0 spiro atoms. The number of piperidine rings is 1. The van der Waals surface area contributed by atoms with E-state index in [1.165, 1.54) is 12.0 Å². The number of aryl methyl sites for hydroxylation is 2. The maximum absolute atomic E-state index is 13.0. The summed E-state index contributed by atoms with van der Waals surface area (Å²) in [6.07, 6.45) is 7.97. The predicted molar refractivity (Wildman–Crippen MR) is 102 cm³/mol. The van der Waals surface area contributed by atoms with Crippen LogP contribution in [-0.4, -0.2) is 40.0 Å². The van der Waals surface area contributed by atoms with Gasteiger partial charge in [-0.1, -0.05) is 12.1 Å². The molecule has 1 aromatic carbocycles. The van der Waals surface area contributed by atoms with Gasteiger partial charge in [0, 0.05) is 30.9 Å². The van der Waals surface area contributed by atoms with Crippen molar-refractivity contribution < 1.29 is 14.7 Å². The summed E-state index contributed by atoms with van der Waals surface area (Å²) in [5.41, 5.74) is 4.33. The highest BCUT2D eigenvalue weighted by molar-refractivity contribution is 5.94. The topological polar surface area (TPSA) is 70.5 Å². The molecule has 27 heavy (non-hydrogen) atoms. The Labute approximate surface area is 159 Å². The number of hydrogen-bond donors (Lipinski definition) is 1. The molecule has 0 saturated carbocycles. The number of aromatic carboxylic acids is 1. The minimum Gasteiger partial charge on any atom is -0.478 e. The molecule has 0 radical (unpaired) electrons. The van der Waals surface area contributed by atoms with Gasteiger partial charge in [-0.3, -0.25) is 9.78 Å². The maximum atomic E-state index is 13.0. The van der Waals surface area contributed by atoms with Gasteiger partial charge in [-0.25, -0.2) is 4.79 Å². The van der Waals surface area contributed by atoms with E-state index in [-0.39, 0.29) is 11.8 Å². The first-order valence-electron chi connectivity index (χ1n) is 9.72. The van der Waals surface area contributed by atoms with Crippen LogP contribution in [0.1, 0.15) is 69.1 Å². The maximum Gasteiger partial charge on any atom is 0.335 e. The third-order valence-corrected chi connectivity index (χ3v) is 5.73. The minimum atomic E-state index is -0.916. The van der Waals surface area contributed by atoms with Crippen LogP contribution in [0.25, 0.3) is 0 Å². The summed E-state index contributed by atoms with van der Waals surface area (Å²) in [6, 6.07) is 9.12. The third-order valence-electron chi connectivity index (χ3n) is 5.73. The normalized spacial score (nSPS) is 19.4. The van der Waals surface area contributed by atoms with Crippen LogP contribution in [0.4, 0.5) is 0 Å². The van der Waals surface area contributed by atoms with Crippen LogP contribution in [0, 0.1) is 0 Å². The van der Waals surface area contributed by atoms with Crippen molar-refractivity contribution in [2.75, 3.05) is 13.1 Å². The molecule has 2 aromatic rings. The lowest BCUT2D eigenvalue weighted by Crippen LogP contribution is -2.39. The van der Waals surface area contributed by atoms with Crippen molar-refractivity contribution in [3.8, 4) is 0 Å². The van der Waals surface area contributed by atoms with E-state index in [0.717, 1.165) is 49.9 Å². The number of likely N-dealkylation sites (tertiary alicyclic amines) is 1. The van der Waals surface area contributed by atoms with Crippen molar-refractivity contribution in [1.29, 1.82) is 0 Å². The number of carbonyl (C=O) groups excluding carboxylic acids is 1. The Morgan fingerprint density at radius 1 is 1.07 bits per heavy atom. The summed E-state index contributed by atoms with van der Waals surface area (Å²) in [6.45, 7) is 1.37. The summed E-state index contributed by atoms with van der Waals surface area (Å²) in [4.78, 5) is 30.7. The second-order valence-electron chi connectivity index (χ2n) is 7.56. The van der Waals surface area contributed by atoms with E-state index in [0.29, 0.717) is 17.7 Å². The molecular weight excluding hydrogens is 340 g/mol. The Morgan fingerprint density at radius 3 is 2.78 bits per heavy atom. The van der Waals surface area contributed by atoms with E-state index < -0.39 is 5.97 Å². The third kappa shape index (κ3) is 3.72. The smallest absolute Gasteiger partial charge is 0.335 e. The molecule has 1 saturated heterocycles. The number of hydrogen-bond acceptors (Lipinski definition) is 3. The van der Waals surface area contributed by atoms with Gasteiger partial charge in [0.05, 0.1) is 11.1 Å². The van der Waals surface area contributed by atoms with Gasteiger partial charge in [0.1, 0.15) is 0 Å². The number of carbonyl (C=O) groups is 2. The molecule has 140 valence electrons. The molecule has 1 atom stereocenters. The fourth-order valence-electron chi connectivity index (χ4n) is 4.25. The van der Waals surface area contributed by atoms with Crippen LogP contribution in [0.3, 0.4) is 0 Å². The lowest BCUT2D eigenvalue weighted by atomic mass is 9.89. The highest BCUT2D eigenvalue weighted by Crippen LogP contribution is 2.29. The second-order valence-corrected chi connectivity index (χ2v) is 7.56. The predicted octanol–water partition coefficient (Wildman–Crippen LogP) is 3.68. The van der Waals surface area contributed by atoms with E-state index in [1.54, 1.807) is 24.4 Å². The molecule has 5 heteroatoms. The molecule has 1 fully saturated rings. The lowest BCUT2D eigenvalue weighted by molar-refractivity contribution is 0.0687. The average molecular weight is 364 g/mol. The van der Waals surface area contributed by atoms with Crippen LogP contribution in [0.2, 0.25) is 0 Å². The van der Waals surface area contributed by atoms with Crippen molar-refractivity contribution in [2.45, 2.75) is 44.4 Å². The highest BCUT2D eigenvalue weighted by atomic mass is 16.4. The number of carboxylic acids is 1. The molecule has 1 aromatic heterocycles. The zero-order chi connectivity index (χ0) is 18.8. The summed E-state index contributed by atoms with van der Waals surface area (Å²) in [7, 11) is 0. The SMILES string of the molecule is O=C(O)c1cccc(C2CCCN(C(=O)c3cnc4c(c3)CCCC4)C2)c1. The number of amides is 1. The van der Waals surface area contributed by atoms with Crippen molar-refractivity contribution >= 4 is 11.9 Å². The van der Waals surface area contributed by atoms with Crippen LogP contribution >= 0.6 is 0 Å². The molecule has 1 N–H and O–H groups in total. The number of benzene rings is 1. The number of rotatable bonds is 3. The summed E-state index contributed by atoms with van der Waals surface area (Å²) in [5, 5.41) is 9.22. The van der Waals surface area contributed by atoms with Gasteiger partial charge in [-0.15, -0.1) is 0 Å². The second kappa shape index (κ2) is 7.51. The first kappa shape index (κ1) is 17.7. The summed E-state index contributed by atoms with van der Waals surface area (Å²) < 4.78 is 0. The molecule has 1 unspecified atom stereocenters. The van der Waals surface area contributed by atoms with E-state index in [4.69, 9.17) is 0 Å². The number of pyridine rings is 1. The molecular formula is C22H24N2O3. The lowest BCUT2D eigenvalue weighted by Gasteiger charge is -2.33. The number of carboxylic acid groups (broad SMARTS) is 1. The van der Waals surface area contributed by atoms with Gasteiger partial charge < -0.3 is 10.0 Å². The summed E-state index contributed by atoms with van der Waals surface area (Å²) in [5.74, 6) is -0.705. The van der Waals surface area contributed by atoms with E-state index in [2.05, 4.69) is 4.98 Å². The zero-order valence-electron chi connectivity index (χ0n) is 15.4. The van der Waals surface area contributed by atoms with Crippen molar-refractivity contribution in [3.05, 3.63) is 64.5 Å². The molecule has 2 aliphatic rings. The quantitative estimate of drug-likeness (QED) is 0.902. The standard InChI is InChI=1S/C22H24N2O3/c25-21(19-12-16-5-1-2-9-20(16)23-13-19)24-10-4-8-18(14-24)15-6-3-7-17(11-15)22(26)27/h3,6-7,11-13,18H,1-2,4-5,8-10,14H2,(H,26,27). The highest BCUT2D eigenvalue weighted by Gasteiger charge is 2.26. The summed E-state index contributed by atoms with van der Waals surface area (Å²) >= 11 is 0. The van der Waals surface area contributed by atoms with E-state index in [9.17, 15) is 14.7 Å². The number of fused-ring (bicyclic) bond motifs is 1. The Kier molecular flexibility index (Phi) is 4.92. The fraction of sp³-hybridized carbons (Fsp3) is 0.409. The Balaban J connectivity index is 1.52. The molecule has 1 amide bonds. The van der Waals surface area contributed by atoms with Gasteiger partial charge in [0.2, 0.25) is 0 Å². The van der Waals surface area contributed by atoms with Gasteiger partial charge in [0.15, 0.2) is 0 Å². The minimum absolute atomic E-state index is 0.0370. The molecule has 1 aliphatic heterocycles. The largest absolute Gasteiger partial charge is 0.478 e. The Bertz CT molecular complexity index is 878. The van der Waals surface area contributed by atoms with Crippen LogP contribution in [0.5, 0.6) is 0 Å². The van der Waals surface area contributed by atoms with Crippen molar-refractivity contribution in [1.82, 2.24) is 9.88 Å². The molecule has 1 aliphatic carbocycles. The number of nitrogens with zero attached hydrogens (tertiary/aromatic N) is 2. The van der Waals surface area contributed by atoms with E-state index >= 15 is 0 Å². The molecule has 5 nitrogen and oxygen atoms in total. The van der Waals surface area contributed by atoms with Gasteiger partial charge in [-0.2, -0.15) is 0 Å². The Hall–Kier alpha value is -2.69. The van der Waals surface area contributed by atoms with Crippen molar-refractivity contribution in [3.63, 3.8) is 0 Å². The number of aromatic nitrogens is 1. The fourth-order valence-corrected chi connectivity index (χ4v) is 4.25. The monoisotopic (exact) mass is 364 g/mol. The van der Waals surface area contributed by atoms with E-state index in [1.807, 2.05) is 17.0 Å². The van der Waals surface area contributed by atoms with Gasteiger partial charge in [-0.05, 0) is 67.9 Å². The van der Waals surface area contributed by atoms with Gasteiger partial charge in [0.25, 0.3) is 5.91 Å². The van der Waals surface area contributed by atoms with Crippen molar-refractivity contribution in [2.24, 2.45) is 0 Å².